The molecule has 0 radical (unpaired) electrons. The minimum Gasteiger partial charge on any atom is -0.378 e. The zero-order chi connectivity index (χ0) is 23.0. The molecule has 1 aliphatic heterocycles. The van der Waals surface area contributed by atoms with Crippen LogP contribution in [0.25, 0.3) is 0 Å². The van der Waals surface area contributed by atoms with Crippen molar-refractivity contribution in [2.24, 2.45) is 0 Å². The highest BCUT2D eigenvalue weighted by molar-refractivity contribution is 6.14. The highest BCUT2D eigenvalue weighted by Crippen LogP contribution is 2.37. The second-order valence-electron chi connectivity index (χ2n) is 8.63. The third kappa shape index (κ3) is 3.86. The van der Waals surface area contributed by atoms with Crippen LogP contribution in [-0.4, -0.2) is 32.5 Å². The molecule has 5 heteroatoms. The second kappa shape index (κ2) is 8.50. The van der Waals surface area contributed by atoms with Crippen molar-refractivity contribution in [2.75, 3.05) is 35.3 Å². The first-order valence-electron chi connectivity index (χ1n) is 10.8. The summed E-state index contributed by atoms with van der Waals surface area (Å²) in [6, 6.07) is 20.8. The van der Waals surface area contributed by atoms with Gasteiger partial charge < -0.3 is 9.80 Å². The number of aryl methyl sites for hydroxylation is 2. The molecule has 164 valence electrons. The van der Waals surface area contributed by atoms with Gasteiger partial charge in [0.05, 0.1) is 0 Å². The lowest BCUT2D eigenvalue weighted by Crippen LogP contribution is -2.56. The van der Waals surface area contributed by atoms with Gasteiger partial charge in [-0.15, -0.1) is 0 Å². The first-order valence-corrected chi connectivity index (χ1v) is 10.8. The van der Waals surface area contributed by atoms with Crippen LogP contribution in [-0.2, 0) is 9.59 Å². The third-order valence-corrected chi connectivity index (χ3v) is 6.23. The van der Waals surface area contributed by atoms with E-state index >= 15 is 0 Å². The Morgan fingerprint density at radius 2 is 1.50 bits per heavy atom. The largest absolute Gasteiger partial charge is 0.378 e. The fourth-order valence-corrected chi connectivity index (χ4v) is 4.15. The highest BCUT2D eigenvalue weighted by Gasteiger charge is 2.42. The van der Waals surface area contributed by atoms with E-state index in [1.165, 1.54) is 0 Å². The van der Waals surface area contributed by atoms with Crippen molar-refractivity contribution in [1.82, 2.24) is 0 Å². The van der Waals surface area contributed by atoms with Crippen LogP contribution in [0.4, 0.5) is 17.1 Å². The molecule has 1 heterocycles. The fourth-order valence-electron chi connectivity index (χ4n) is 4.15. The molecule has 0 aromatic heterocycles. The molecule has 3 aromatic carbocycles. The second-order valence-corrected chi connectivity index (χ2v) is 8.63. The van der Waals surface area contributed by atoms with Crippen LogP contribution in [0.15, 0.2) is 66.7 Å². The molecule has 32 heavy (non-hydrogen) atoms. The van der Waals surface area contributed by atoms with Crippen LogP contribution >= 0.6 is 0 Å². The number of carbonyl (C=O) groups is 2. The van der Waals surface area contributed by atoms with Crippen molar-refractivity contribution in [3.63, 3.8) is 0 Å². The summed E-state index contributed by atoms with van der Waals surface area (Å²) in [5.41, 5.74) is 6.57. The molecule has 0 bridgehead atoms. The van der Waals surface area contributed by atoms with Gasteiger partial charge in [-0.1, -0.05) is 42.0 Å². The van der Waals surface area contributed by atoms with Gasteiger partial charge in [-0.25, -0.2) is 0 Å². The fraction of sp³-hybridized carbons (Fsp3) is 0.259. The van der Waals surface area contributed by atoms with Gasteiger partial charge in [0, 0.05) is 31.2 Å². The quantitative estimate of drug-likeness (QED) is 0.601. The summed E-state index contributed by atoms with van der Waals surface area (Å²) < 4.78 is 0. The van der Waals surface area contributed by atoms with E-state index < -0.39 is 6.04 Å². The van der Waals surface area contributed by atoms with Crippen molar-refractivity contribution < 1.29 is 9.59 Å². The summed E-state index contributed by atoms with van der Waals surface area (Å²) >= 11 is 0. The number of anilines is 3. The maximum Gasteiger partial charge on any atom is 0.255 e. The summed E-state index contributed by atoms with van der Waals surface area (Å²) in [5, 5.41) is 0. The summed E-state index contributed by atoms with van der Waals surface area (Å²) in [6.07, 6.45) is 0. The smallest absolute Gasteiger partial charge is 0.255 e. The van der Waals surface area contributed by atoms with E-state index in [-0.39, 0.29) is 18.4 Å². The molecule has 2 amide bonds. The predicted octanol–water partition coefficient (Wildman–Crippen LogP) is 4.80. The monoisotopic (exact) mass is 427 g/mol. The standard InChI is InChI=1S/C27H29N3O2/c1-18-9-13-23(14-10-18)29-17-25(31)30(24-8-6-7-19(2)20(24)3)26(27(29)32)21-11-15-22(16-12-21)28(4)5/h6-16,26H,17H2,1-5H3. The van der Waals surface area contributed by atoms with E-state index in [9.17, 15) is 9.59 Å². The van der Waals surface area contributed by atoms with E-state index in [2.05, 4.69) is 0 Å². The molecule has 3 aromatic rings. The molecule has 1 saturated heterocycles. The SMILES string of the molecule is Cc1ccc(N2CC(=O)N(c3cccc(C)c3C)C(c3ccc(N(C)C)cc3)C2=O)cc1. The zero-order valence-electron chi connectivity index (χ0n) is 19.3. The number of benzene rings is 3. The lowest BCUT2D eigenvalue weighted by Gasteiger charge is -2.41. The van der Waals surface area contributed by atoms with Crippen molar-refractivity contribution in [3.05, 3.63) is 89.0 Å². The summed E-state index contributed by atoms with van der Waals surface area (Å²) in [5.74, 6) is -0.201. The minimum absolute atomic E-state index is 0.0154. The van der Waals surface area contributed by atoms with E-state index in [1.54, 1.807) is 9.80 Å². The Morgan fingerprint density at radius 3 is 2.12 bits per heavy atom. The Hall–Kier alpha value is -3.60. The summed E-state index contributed by atoms with van der Waals surface area (Å²) in [7, 11) is 3.96. The molecule has 0 saturated carbocycles. The first-order chi connectivity index (χ1) is 15.3. The normalized spacial score (nSPS) is 16.5. The van der Waals surface area contributed by atoms with Gasteiger partial charge in [0.1, 0.15) is 12.6 Å². The minimum atomic E-state index is -0.728. The molecule has 0 aliphatic carbocycles. The van der Waals surface area contributed by atoms with Crippen molar-refractivity contribution in [1.29, 1.82) is 0 Å². The third-order valence-electron chi connectivity index (χ3n) is 6.23. The molecule has 1 fully saturated rings. The van der Waals surface area contributed by atoms with Crippen LogP contribution in [0.1, 0.15) is 28.3 Å². The average Bonchev–Trinajstić information content (AvgIpc) is 2.78. The number of carbonyl (C=O) groups excluding carboxylic acids is 2. The lowest BCUT2D eigenvalue weighted by molar-refractivity contribution is -0.128. The van der Waals surface area contributed by atoms with Crippen LogP contribution in [0, 0.1) is 20.8 Å². The van der Waals surface area contributed by atoms with E-state index in [1.807, 2.05) is 106 Å². The Morgan fingerprint density at radius 1 is 0.844 bits per heavy atom. The van der Waals surface area contributed by atoms with Crippen molar-refractivity contribution >= 4 is 28.9 Å². The number of rotatable bonds is 4. The molecule has 5 nitrogen and oxygen atoms in total. The molecule has 4 rings (SSSR count). The lowest BCUT2D eigenvalue weighted by atomic mass is 9.97. The average molecular weight is 428 g/mol. The number of piperazine rings is 1. The van der Waals surface area contributed by atoms with Crippen molar-refractivity contribution in [2.45, 2.75) is 26.8 Å². The molecule has 0 spiro atoms. The first kappa shape index (κ1) is 21.6. The molecule has 1 aliphatic rings. The Kier molecular flexibility index (Phi) is 5.74. The van der Waals surface area contributed by atoms with E-state index in [0.29, 0.717) is 0 Å². The summed E-state index contributed by atoms with van der Waals surface area (Å²) in [4.78, 5) is 32.7. The van der Waals surface area contributed by atoms with Gasteiger partial charge in [-0.2, -0.15) is 0 Å². The van der Waals surface area contributed by atoms with Crippen LogP contribution in [0.2, 0.25) is 0 Å². The van der Waals surface area contributed by atoms with Gasteiger partial charge in [0.25, 0.3) is 5.91 Å². The van der Waals surface area contributed by atoms with Gasteiger partial charge in [0.2, 0.25) is 5.91 Å². The number of amides is 2. The number of nitrogens with zero attached hydrogens (tertiary/aromatic N) is 3. The zero-order valence-corrected chi connectivity index (χ0v) is 19.3. The molecule has 1 atom stereocenters. The maximum absolute atomic E-state index is 13.9. The Balaban J connectivity index is 1.83. The van der Waals surface area contributed by atoms with Crippen LogP contribution < -0.4 is 14.7 Å². The molecular weight excluding hydrogens is 398 g/mol. The van der Waals surface area contributed by atoms with Gasteiger partial charge in [-0.05, 0) is 67.8 Å². The number of hydrogen-bond donors (Lipinski definition) is 0. The van der Waals surface area contributed by atoms with Gasteiger partial charge in [0.15, 0.2) is 0 Å². The Labute approximate surface area is 189 Å². The van der Waals surface area contributed by atoms with Crippen LogP contribution in [0.5, 0.6) is 0 Å². The maximum atomic E-state index is 13.9. The Bertz CT molecular complexity index is 1150. The van der Waals surface area contributed by atoms with E-state index in [4.69, 9.17) is 0 Å². The van der Waals surface area contributed by atoms with Gasteiger partial charge >= 0.3 is 0 Å². The van der Waals surface area contributed by atoms with Crippen molar-refractivity contribution in [3.8, 4) is 0 Å². The summed E-state index contributed by atoms with van der Waals surface area (Å²) in [6.45, 7) is 6.04. The molecular formula is C27H29N3O2. The number of hydrogen-bond acceptors (Lipinski definition) is 3. The van der Waals surface area contributed by atoms with Gasteiger partial charge in [-0.3, -0.25) is 14.5 Å². The van der Waals surface area contributed by atoms with E-state index in [0.717, 1.165) is 39.3 Å². The molecule has 1 unspecified atom stereocenters. The molecule has 0 N–H and O–H groups in total. The predicted molar refractivity (Wildman–Crippen MR) is 130 cm³/mol. The topological polar surface area (TPSA) is 43.9 Å². The van der Waals surface area contributed by atoms with Crippen LogP contribution in [0.3, 0.4) is 0 Å². The highest BCUT2D eigenvalue weighted by atomic mass is 16.2.